The minimum Gasteiger partial charge on any atom is -0.345 e. The van der Waals surface area contributed by atoms with E-state index in [-0.39, 0.29) is 16.9 Å². The number of fused-ring (bicyclic) bond motifs is 1. The molecule has 1 heterocycles. The molecule has 150 valence electrons. The topological polar surface area (TPSA) is 49.4 Å². The molecule has 1 aromatic carbocycles. The Morgan fingerprint density at radius 3 is 2.50 bits per heavy atom. The van der Waals surface area contributed by atoms with Crippen molar-refractivity contribution >= 4 is 28.2 Å². The number of benzene rings is 1. The van der Waals surface area contributed by atoms with Gasteiger partial charge in [-0.3, -0.25) is 9.59 Å². The van der Waals surface area contributed by atoms with Crippen LogP contribution in [-0.2, 0) is 12.8 Å². The Hall–Kier alpha value is -2.21. The lowest BCUT2D eigenvalue weighted by atomic mass is 9.72. The second kappa shape index (κ2) is 7.66. The lowest BCUT2D eigenvalue weighted by molar-refractivity contribution is 0.0827. The van der Waals surface area contributed by atoms with Crippen molar-refractivity contribution in [2.24, 2.45) is 11.3 Å². The fourth-order valence-corrected chi connectivity index (χ4v) is 4.99. The average Bonchev–Trinajstić information content (AvgIpc) is 2.97. The summed E-state index contributed by atoms with van der Waals surface area (Å²) in [6.45, 7) is 6.72. The molecule has 1 atom stereocenters. The lowest BCUT2D eigenvalue weighted by Crippen LogP contribution is -2.28. The minimum absolute atomic E-state index is 0.0234. The van der Waals surface area contributed by atoms with Crippen LogP contribution in [0.25, 0.3) is 0 Å². The van der Waals surface area contributed by atoms with E-state index >= 15 is 0 Å². The molecule has 1 aromatic heterocycles. The third-order valence-electron chi connectivity index (χ3n) is 5.46. The van der Waals surface area contributed by atoms with Gasteiger partial charge in [-0.05, 0) is 48.3 Å². The molecule has 1 unspecified atom stereocenters. The van der Waals surface area contributed by atoms with Crippen molar-refractivity contribution < 1.29 is 14.0 Å². The highest BCUT2D eigenvalue weighted by Gasteiger charge is 2.34. The van der Waals surface area contributed by atoms with Gasteiger partial charge in [-0.1, -0.05) is 32.9 Å². The number of halogens is 1. The van der Waals surface area contributed by atoms with Crippen molar-refractivity contribution in [2.45, 2.75) is 40.0 Å². The summed E-state index contributed by atoms with van der Waals surface area (Å²) in [5, 5.41) is 3.33. The highest BCUT2D eigenvalue weighted by molar-refractivity contribution is 7.17. The molecule has 0 aliphatic heterocycles. The quantitative estimate of drug-likeness (QED) is 0.786. The van der Waals surface area contributed by atoms with Crippen LogP contribution in [-0.4, -0.2) is 30.8 Å². The van der Waals surface area contributed by atoms with Gasteiger partial charge in [0, 0.05) is 19.0 Å². The average molecular weight is 403 g/mol. The van der Waals surface area contributed by atoms with Gasteiger partial charge in [0.05, 0.1) is 11.1 Å². The van der Waals surface area contributed by atoms with E-state index in [1.807, 2.05) is 0 Å². The SMILES string of the molecule is CN(C)C(=O)c1c(NC(=O)c2ccccc2F)sc2c1CCC(C(C)(C)C)C2. The molecule has 0 spiro atoms. The Balaban J connectivity index is 1.99. The number of amides is 2. The molecule has 0 radical (unpaired) electrons. The summed E-state index contributed by atoms with van der Waals surface area (Å²) in [7, 11) is 3.41. The fraction of sp³-hybridized carbons (Fsp3) is 0.455. The van der Waals surface area contributed by atoms with Crippen LogP contribution in [0, 0.1) is 17.2 Å². The van der Waals surface area contributed by atoms with Crippen molar-refractivity contribution in [3.8, 4) is 0 Å². The van der Waals surface area contributed by atoms with Crippen molar-refractivity contribution in [3.63, 3.8) is 0 Å². The third-order valence-corrected chi connectivity index (χ3v) is 6.63. The molecule has 1 aliphatic rings. The molecule has 6 heteroatoms. The lowest BCUT2D eigenvalue weighted by Gasteiger charge is -2.34. The number of rotatable bonds is 3. The molecule has 4 nitrogen and oxygen atoms in total. The van der Waals surface area contributed by atoms with Crippen LogP contribution in [0.1, 0.15) is 58.3 Å². The highest BCUT2D eigenvalue weighted by Crippen LogP contribution is 2.44. The number of hydrogen-bond acceptors (Lipinski definition) is 3. The van der Waals surface area contributed by atoms with Gasteiger partial charge >= 0.3 is 0 Å². The first-order valence-electron chi connectivity index (χ1n) is 9.51. The van der Waals surface area contributed by atoms with E-state index in [0.29, 0.717) is 16.5 Å². The van der Waals surface area contributed by atoms with Crippen molar-refractivity contribution in [1.82, 2.24) is 4.90 Å². The maximum absolute atomic E-state index is 14.0. The second-order valence-corrected chi connectivity index (χ2v) is 9.75. The molecule has 0 fully saturated rings. The molecule has 1 N–H and O–H groups in total. The monoisotopic (exact) mass is 402 g/mol. The molecule has 0 saturated carbocycles. The zero-order valence-electron chi connectivity index (χ0n) is 17.1. The Labute approximate surface area is 169 Å². The largest absolute Gasteiger partial charge is 0.345 e. The first kappa shape index (κ1) is 20.5. The van der Waals surface area contributed by atoms with Crippen molar-refractivity contribution in [1.29, 1.82) is 0 Å². The zero-order chi connectivity index (χ0) is 20.6. The van der Waals surface area contributed by atoms with E-state index in [1.54, 1.807) is 26.2 Å². The number of thiophene rings is 1. The third kappa shape index (κ3) is 3.97. The van der Waals surface area contributed by atoms with Gasteiger partial charge in [0.15, 0.2) is 0 Å². The fourth-order valence-electron chi connectivity index (χ4n) is 3.68. The molecule has 0 bridgehead atoms. The predicted octanol–water partition coefficient (Wildman–Crippen LogP) is 4.99. The van der Waals surface area contributed by atoms with E-state index in [1.165, 1.54) is 28.4 Å². The number of hydrogen-bond donors (Lipinski definition) is 1. The van der Waals surface area contributed by atoms with Gasteiger partial charge < -0.3 is 10.2 Å². The maximum Gasteiger partial charge on any atom is 0.259 e. The van der Waals surface area contributed by atoms with E-state index in [4.69, 9.17) is 0 Å². The number of carbonyl (C=O) groups is 2. The van der Waals surface area contributed by atoms with E-state index in [2.05, 4.69) is 26.1 Å². The maximum atomic E-state index is 14.0. The minimum atomic E-state index is -0.574. The van der Waals surface area contributed by atoms with Gasteiger partial charge in [0.1, 0.15) is 10.8 Å². The molecule has 1 aliphatic carbocycles. The van der Waals surface area contributed by atoms with E-state index in [0.717, 1.165) is 29.7 Å². The zero-order valence-corrected chi connectivity index (χ0v) is 17.9. The second-order valence-electron chi connectivity index (χ2n) is 8.65. The summed E-state index contributed by atoms with van der Waals surface area (Å²) < 4.78 is 14.0. The molecular formula is C22H27FN2O2S. The standard InChI is InChI=1S/C22H27FN2O2S/c1-22(2,3)13-10-11-15-17(12-13)28-20(18(15)21(27)25(4)5)24-19(26)14-8-6-7-9-16(14)23/h6-9,13H,10-12H2,1-5H3,(H,24,26). The molecule has 2 amide bonds. The van der Waals surface area contributed by atoms with Crippen LogP contribution >= 0.6 is 11.3 Å². The summed E-state index contributed by atoms with van der Waals surface area (Å²) in [6, 6.07) is 5.87. The van der Waals surface area contributed by atoms with Crippen LogP contribution in [0.2, 0.25) is 0 Å². The normalized spacial score (nSPS) is 16.4. The summed E-state index contributed by atoms with van der Waals surface area (Å²) in [5.74, 6) is -0.710. The van der Waals surface area contributed by atoms with Crippen molar-refractivity contribution in [2.75, 3.05) is 19.4 Å². The molecule has 3 rings (SSSR count). The van der Waals surface area contributed by atoms with Gasteiger partial charge in [-0.25, -0.2) is 4.39 Å². The molecule has 0 saturated heterocycles. The highest BCUT2D eigenvalue weighted by atomic mass is 32.1. The van der Waals surface area contributed by atoms with E-state index < -0.39 is 11.7 Å². The molecular weight excluding hydrogens is 375 g/mol. The van der Waals surface area contributed by atoms with Gasteiger partial charge in [0.2, 0.25) is 0 Å². The van der Waals surface area contributed by atoms with Crippen LogP contribution < -0.4 is 5.32 Å². The van der Waals surface area contributed by atoms with Crippen molar-refractivity contribution in [3.05, 3.63) is 51.7 Å². The summed E-state index contributed by atoms with van der Waals surface area (Å²) >= 11 is 1.45. The summed E-state index contributed by atoms with van der Waals surface area (Å²) in [5.41, 5.74) is 1.75. The number of anilines is 1. The van der Waals surface area contributed by atoms with E-state index in [9.17, 15) is 14.0 Å². The van der Waals surface area contributed by atoms with Crippen LogP contribution in [0.4, 0.5) is 9.39 Å². The summed E-state index contributed by atoms with van der Waals surface area (Å²) in [6.07, 6.45) is 2.73. The smallest absolute Gasteiger partial charge is 0.259 e. The van der Waals surface area contributed by atoms with Crippen LogP contribution in [0.15, 0.2) is 24.3 Å². The predicted molar refractivity (Wildman–Crippen MR) is 112 cm³/mol. The number of nitrogens with one attached hydrogen (secondary N) is 1. The first-order valence-corrected chi connectivity index (χ1v) is 10.3. The Morgan fingerprint density at radius 2 is 1.89 bits per heavy atom. The Kier molecular flexibility index (Phi) is 5.62. The van der Waals surface area contributed by atoms with Gasteiger partial charge in [-0.2, -0.15) is 0 Å². The van der Waals surface area contributed by atoms with Crippen LogP contribution in [0.3, 0.4) is 0 Å². The van der Waals surface area contributed by atoms with Gasteiger partial charge in [0.25, 0.3) is 11.8 Å². The molecule has 28 heavy (non-hydrogen) atoms. The first-order chi connectivity index (χ1) is 13.1. The molecule has 2 aromatic rings. The number of nitrogens with zero attached hydrogens (tertiary/aromatic N) is 1. The van der Waals surface area contributed by atoms with Crippen LogP contribution in [0.5, 0.6) is 0 Å². The summed E-state index contributed by atoms with van der Waals surface area (Å²) in [4.78, 5) is 28.2. The number of carbonyl (C=O) groups excluding carboxylic acids is 2. The Morgan fingerprint density at radius 1 is 1.21 bits per heavy atom. The van der Waals surface area contributed by atoms with Gasteiger partial charge in [-0.15, -0.1) is 11.3 Å². The Bertz CT molecular complexity index is 912.